The van der Waals surface area contributed by atoms with E-state index in [0.717, 1.165) is 25.3 Å². The third-order valence-electron chi connectivity index (χ3n) is 4.01. The van der Waals surface area contributed by atoms with Crippen molar-refractivity contribution < 1.29 is 9.32 Å². The lowest BCUT2D eigenvalue weighted by atomic mass is 10.0. The lowest BCUT2D eigenvalue weighted by molar-refractivity contribution is 0.0756. The number of thioether (sulfide) groups is 1. The number of aryl methyl sites for hydroxylation is 2. The van der Waals surface area contributed by atoms with Gasteiger partial charge < -0.3 is 9.42 Å². The first kappa shape index (κ1) is 15.2. The van der Waals surface area contributed by atoms with Gasteiger partial charge in [-0.3, -0.25) is 4.79 Å². The van der Waals surface area contributed by atoms with E-state index < -0.39 is 0 Å². The van der Waals surface area contributed by atoms with Gasteiger partial charge in [0.25, 0.3) is 5.91 Å². The topological polar surface area (TPSA) is 46.3 Å². The van der Waals surface area contributed by atoms with E-state index in [9.17, 15) is 4.79 Å². The van der Waals surface area contributed by atoms with Gasteiger partial charge in [-0.2, -0.15) is 11.8 Å². The first-order valence-corrected chi connectivity index (χ1v) is 8.60. The van der Waals surface area contributed by atoms with Gasteiger partial charge in [0.05, 0.1) is 0 Å². The Kier molecular flexibility index (Phi) is 4.52. The van der Waals surface area contributed by atoms with Crippen LogP contribution in [0.4, 0.5) is 0 Å². The number of carbonyl (C=O) groups excluding carboxylic acids is 1. The largest absolute Gasteiger partial charge is 0.361 e. The minimum absolute atomic E-state index is 0.0251. The first-order valence-electron chi connectivity index (χ1n) is 7.55. The van der Waals surface area contributed by atoms with Crippen LogP contribution in [0.2, 0.25) is 0 Å². The van der Waals surface area contributed by atoms with Crippen LogP contribution in [0.25, 0.3) is 0 Å². The van der Waals surface area contributed by atoms with E-state index in [1.807, 2.05) is 16.7 Å². The summed E-state index contributed by atoms with van der Waals surface area (Å²) in [6, 6.07) is 10.2. The molecule has 4 nitrogen and oxygen atoms in total. The number of hydrogen-bond acceptors (Lipinski definition) is 4. The third-order valence-corrected chi connectivity index (χ3v) is 5.32. The number of amides is 1. The van der Waals surface area contributed by atoms with Gasteiger partial charge in [0.2, 0.25) is 0 Å². The molecular weight excluding hydrogens is 296 g/mol. The summed E-state index contributed by atoms with van der Waals surface area (Å²) in [6.45, 7) is 5.48. The second kappa shape index (κ2) is 6.57. The van der Waals surface area contributed by atoms with Crippen molar-refractivity contribution in [3.05, 3.63) is 52.9 Å². The highest BCUT2D eigenvalue weighted by atomic mass is 32.2. The van der Waals surface area contributed by atoms with Gasteiger partial charge in [-0.25, -0.2) is 0 Å². The number of carbonyl (C=O) groups is 1. The van der Waals surface area contributed by atoms with E-state index in [1.54, 1.807) is 13.0 Å². The fourth-order valence-corrected chi connectivity index (χ4v) is 4.13. The highest BCUT2D eigenvalue weighted by Crippen LogP contribution is 2.36. The summed E-state index contributed by atoms with van der Waals surface area (Å²) < 4.78 is 5.01. The van der Waals surface area contributed by atoms with Crippen LogP contribution in [-0.4, -0.2) is 34.8 Å². The van der Waals surface area contributed by atoms with E-state index in [2.05, 4.69) is 36.3 Å². The molecule has 1 aliphatic rings. The monoisotopic (exact) mass is 316 g/mol. The number of nitrogens with zero attached hydrogens (tertiary/aromatic N) is 2. The van der Waals surface area contributed by atoms with Crippen LogP contribution >= 0.6 is 11.8 Å². The Labute approximate surface area is 134 Å². The summed E-state index contributed by atoms with van der Waals surface area (Å²) in [5.41, 5.74) is 3.13. The first-order chi connectivity index (χ1) is 10.6. The van der Waals surface area contributed by atoms with Crippen molar-refractivity contribution in [3.63, 3.8) is 0 Å². The van der Waals surface area contributed by atoms with Crippen LogP contribution in [0.1, 0.15) is 39.0 Å². The zero-order valence-corrected chi connectivity index (χ0v) is 13.7. The molecule has 1 fully saturated rings. The molecule has 5 heteroatoms. The minimum Gasteiger partial charge on any atom is -0.361 e. The molecule has 0 saturated carbocycles. The fraction of sp³-hybridized carbons (Fsp3) is 0.412. The Bertz CT molecular complexity index is 668. The van der Waals surface area contributed by atoms with Crippen molar-refractivity contribution >= 4 is 17.7 Å². The van der Waals surface area contributed by atoms with Crippen molar-refractivity contribution in [2.45, 2.75) is 25.5 Å². The predicted octanol–water partition coefficient (Wildman–Crippen LogP) is 3.61. The molecule has 2 heterocycles. The standard InChI is InChI=1S/C17H20N2O2S/c1-12-5-3-4-6-14(12)16-7-8-19(9-10-22-16)17(20)15-11-13(2)21-18-15/h3-6,11,16H,7-10H2,1-2H3. The Hall–Kier alpha value is -1.75. The Balaban J connectivity index is 1.70. The Morgan fingerprint density at radius 2 is 2.14 bits per heavy atom. The summed E-state index contributed by atoms with van der Waals surface area (Å²) in [4.78, 5) is 14.4. The predicted molar refractivity (Wildman–Crippen MR) is 88.1 cm³/mol. The quantitative estimate of drug-likeness (QED) is 0.849. The Morgan fingerprint density at radius 1 is 1.32 bits per heavy atom. The smallest absolute Gasteiger partial charge is 0.276 e. The molecule has 1 saturated heterocycles. The second-order valence-electron chi connectivity index (χ2n) is 5.62. The highest BCUT2D eigenvalue weighted by Gasteiger charge is 2.25. The molecule has 2 aromatic rings. The molecule has 1 aromatic carbocycles. The van der Waals surface area contributed by atoms with Crippen molar-refractivity contribution in [3.8, 4) is 0 Å². The third kappa shape index (κ3) is 3.19. The number of hydrogen-bond donors (Lipinski definition) is 0. The van der Waals surface area contributed by atoms with E-state index in [0.29, 0.717) is 16.7 Å². The molecule has 1 amide bonds. The molecule has 0 bridgehead atoms. The lowest BCUT2D eigenvalue weighted by Crippen LogP contribution is -2.33. The van der Waals surface area contributed by atoms with Gasteiger partial charge in [-0.05, 0) is 31.4 Å². The van der Waals surface area contributed by atoms with Gasteiger partial charge in [0.15, 0.2) is 5.69 Å². The summed E-state index contributed by atoms with van der Waals surface area (Å²) in [6.07, 6.45) is 0.970. The molecule has 0 N–H and O–H groups in total. The summed E-state index contributed by atoms with van der Waals surface area (Å²) in [7, 11) is 0. The maximum atomic E-state index is 12.5. The summed E-state index contributed by atoms with van der Waals surface area (Å²) in [5.74, 6) is 1.59. The van der Waals surface area contributed by atoms with E-state index in [-0.39, 0.29) is 5.91 Å². The van der Waals surface area contributed by atoms with Crippen LogP contribution in [0.5, 0.6) is 0 Å². The minimum atomic E-state index is -0.0251. The molecule has 1 aliphatic heterocycles. The zero-order valence-electron chi connectivity index (χ0n) is 12.9. The molecule has 0 spiro atoms. The van der Waals surface area contributed by atoms with Crippen LogP contribution < -0.4 is 0 Å². The molecule has 1 aromatic heterocycles. The molecule has 116 valence electrons. The molecule has 3 rings (SSSR count). The molecule has 0 radical (unpaired) electrons. The van der Waals surface area contributed by atoms with Gasteiger partial charge in [0.1, 0.15) is 5.76 Å². The van der Waals surface area contributed by atoms with Gasteiger partial charge >= 0.3 is 0 Å². The van der Waals surface area contributed by atoms with Gasteiger partial charge in [-0.1, -0.05) is 29.4 Å². The molecule has 1 atom stereocenters. The molecule has 1 unspecified atom stereocenters. The molecule has 0 aliphatic carbocycles. The van der Waals surface area contributed by atoms with E-state index in [4.69, 9.17) is 4.52 Å². The molecule has 22 heavy (non-hydrogen) atoms. The second-order valence-corrected chi connectivity index (χ2v) is 6.93. The van der Waals surface area contributed by atoms with Crippen molar-refractivity contribution in [2.75, 3.05) is 18.8 Å². The molecular formula is C17H20N2O2S. The van der Waals surface area contributed by atoms with Crippen LogP contribution in [0.15, 0.2) is 34.9 Å². The average molecular weight is 316 g/mol. The SMILES string of the molecule is Cc1cc(C(=O)N2CCSC(c3ccccc3C)CC2)no1. The van der Waals surface area contributed by atoms with Gasteiger partial charge in [0, 0.05) is 30.2 Å². The van der Waals surface area contributed by atoms with Crippen LogP contribution in [0.3, 0.4) is 0 Å². The number of benzene rings is 1. The number of aromatic nitrogens is 1. The van der Waals surface area contributed by atoms with Crippen LogP contribution in [-0.2, 0) is 0 Å². The van der Waals surface area contributed by atoms with Crippen molar-refractivity contribution in [1.82, 2.24) is 10.1 Å². The average Bonchev–Trinajstić information content (AvgIpc) is 2.81. The Morgan fingerprint density at radius 3 is 2.86 bits per heavy atom. The van der Waals surface area contributed by atoms with Gasteiger partial charge in [-0.15, -0.1) is 0 Å². The van der Waals surface area contributed by atoms with E-state index >= 15 is 0 Å². The lowest BCUT2D eigenvalue weighted by Gasteiger charge is -2.19. The zero-order chi connectivity index (χ0) is 15.5. The number of rotatable bonds is 2. The van der Waals surface area contributed by atoms with Crippen molar-refractivity contribution in [1.29, 1.82) is 0 Å². The maximum absolute atomic E-state index is 12.5. The summed E-state index contributed by atoms with van der Waals surface area (Å²) >= 11 is 1.94. The highest BCUT2D eigenvalue weighted by molar-refractivity contribution is 7.99. The fourth-order valence-electron chi connectivity index (χ4n) is 2.80. The van der Waals surface area contributed by atoms with E-state index in [1.165, 1.54) is 11.1 Å². The van der Waals surface area contributed by atoms with Crippen LogP contribution in [0, 0.1) is 13.8 Å². The summed E-state index contributed by atoms with van der Waals surface area (Å²) in [5, 5.41) is 4.30. The van der Waals surface area contributed by atoms with Crippen molar-refractivity contribution in [2.24, 2.45) is 0 Å². The normalized spacial score (nSPS) is 19.0. The maximum Gasteiger partial charge on any atom is 0.276 e.